The number of anilines is 1. The van der Waals surface area contributed by atoms with Crippen molar-refractivity contribution >= 4 is 33.0 Å². The number of sulfone groups is 1. The summed E-state index contributed by atoms with van der Waals surface area (Å²) in [7, 11) is -1.43. The standard InChI is InChI=1S/C20H20ClN3O3S/c1-3-28(26,27)17-7-4-14(5-8-17)10-20(25)23-16-6-9-19(21)18(11-16)15-12-22-24(2)13-15/h4-9,11-13H,3,10H2,1-2H3,(H,23,25). The van der Waals surface area contributed by atoms with Crippen molar-refractivity contribution in [2.24, 2.45) is 7.05 Å². The summed E-state index contributed by atoms with van der Waals surface area (Å²) in [5.74, 6) is -0.159. The third-order valence-electron chi connectivity index (χ3n) is 4.29. The normalized spacial score (nSPS) is 11.4. The number of carbonyl (C=O) groups is 1. The van der Waals surface area contributed by atoms with Gasteiger partial charge >= 0.3 is 0 Å². The Morgan fingerprint density at radius 2 is 1.89 bits per heavy atom. The SMILES string of the molecule is CCS(=O)(=O)c1ccc(CC(=O)Nc2ccc(Cl)c(-c3cnn(C)c3)c2)cc1. The molecule has 0 spiro atoms. The van der Waals surface area contributed by atoms with E-state index in [0.29, 0.717) is 10.7 Å². The molecule has 146 valence electrons. The molecule has 2 aromatic carbocycles. The van der Waals surface area contributed by atoms with Crippen molar-refractivity contribution in [3.05, 3.63) is 65.4 Å². The molecule has 1 amide bonds. The van der Waals surface area contributed by atoms with Crippen LogP contribution in [0.25, 0.3) is 11.1 Å². The van der Waals surface area contributed by atoms with Gasteiger partial charge in [-0.1, -0.05) is 30.7 Å². The van der Waals surface area contributed by atoms with E-state index in [9.17, 15) is 13.2 Å². The molecule has 0 bridgehead atoms. The lowest BCUT2D eigenvalue weighted by Crippen LogP contribution is -2.14. The number of carbonyl (C=O) groups excluding carboxylic acids is 1. The molecule has 0 unspecified atom stereocenters. The number of hydrogen-bond donors (Lipinski definition) is 1. The summed E-state index contributed by atoms with van der Waals surface area (Å²) in [6.07, 6.45) is 3.69. The zero-order valence-corrected chi connectivity index (χ0v) is 17.1. The van der Waals surface area contributed by atoms with E-state index in [1.54, 1.807) is 48.1 Å². The highest BCUT2D eigenvalue weighted by Gasteiger charge is 2.12. The topological polar surface area (TPSA) is 81.1 Å². The monoisotopic (exact) mass is 417 g/mol. The van der Waals surface area contributed by atoms with E-state index >= 15 is 0 Å². The lowest BCUT2D eigenvalue weighted by Gasteiger charge is -2.09. The smallest absolute Gasteiger partial charge is 0.228 e. The van der Waals surface area contributed by atoms with Crippen LogP contribution >= 0.6 is 11.6 Å². The van der Waals surface area contributed by atoms with Crippen LogP contribution < -0.4 is 5.32 Å². The average Bonchev–Trinajstić information content (AvgIpc) is 3.10. The lowest BCUT2D eigenvalue weighted by atomic mass is 10.1. The molecule has 1 aromatic heterocycles. The van der Waals surface area contributed by atoms with Crippen molar-refractivity contribution in [3.8, 4) is 11.1 Å². The van der Waals surface area contributed by atoms with Gasteiger partial charge in [-0.2, -0.15) is 5.10 Å². The first-order valence-electron chi connectivity index (χ1n) is 8.68. The Balaban J connectivity index is 1.71. The molecule has 0 fully saturated rings. The van der Waals surface area contributed by atoms with Gasteiger partial charge in [0.2, 0.25) is 5.91 Å². The Morgan fingerprint density at radius 3 is 2.50 bits per heavy atom. The average molecular weight is 418 g/mol. The van der Waals surface area contributed by atoms with Crippen molar-refractivity contribution < 1.29 is 13.2 Å². The number of aryl methyl sites for hydroxylation is 1. The molecule has 0 saturated carbocycles. The molecule has 1 heterocycles. The molecule has 0 aliphatic carbocycles. The third kappa shape index (κ3) is 4.61. The number of hydrogen-bond acceptors (Lipinski definition) is 4. The summed E-state index contributed by atoms with van der Waals surface area (Å²) in [6, 6.07) is 11.6. The molecule has 0 saturated heterocycles. The molecular weight excluding hydrogens is 398 g/mol. The lowest BCUT2D eigenvalue weighted by molar-refractivity contribution is -0.115. The van der Waals surface area contributed by atoms with Gasteiger partial charge in [0.05, 0.1) is 23.3 Å². The highest BCUT2D eigenvalue weighted by Crippen LogP contribution is 2.30. The Labute approximate surface area is 169 Å². The van der Waals surface area contributed by atoms with Gasteiger partial charge in [-0.3, -0.25) is 9.48 Å². The van der Waals surface area contributed by atoms with E-state index in [4.69, 9.17) is 11.6 Å². The molecule has 0 aliphatic heterocycles. The Kier molecular flexibility index (Phi) is 5.86. The van der Waals surface area contributed by atoms with Crippen LogP contribution in [0.2, 0.25) is 5.02 Å². The first-order chi connectivity index (χ1) is 13.3. The van der Waals surface area contributed by atoms with Gasteiger partial charge in [0.1, 0.15) is 0 Å². The molecule has 3 rings (SSSR count). The van der Waals surface area contributed by atoms with Crippen LogP contribution in [-0.4, -0.2) is 29.9 Å². The molecule has 0 atom stereocenters. The van der Waals surface area contributed by atoms with E-state index in [1.807, 2.05) is 13.2 Å². The second kappa shape index (κ2) is 8.16. The van der Waals surface area contributed by atoms with E-state index in [1.165, 1.54) is 12.1 Å². The van der Waals surface area contributed by atoms with Gasteiger partial charge in [-0.25, -0.2) is 8.42 Å². The zero-order valence-electron chi connectivity index (χ0n) is 15.5. The zero-order chi connectivity index (χ0) is 20.3. The van der Waals surface area contributed by atoms with Crippen LogP contribution in [0.5, 0.6) is 0 Å². The summed E-state index contributed by atoms with van der Waals surface area (Å²) >= 11 is 6.27. The summed E-state index contributed by atoms with van der Waals surface area (Å²) in [5.41, 5.74) is 2.99. The highest BCUT2D eigenvalue weighted by molar-refractivity contribution is 7.91. The number of rotatable bonds is 6. The second-order valence-corrected chi connectivity index (χ2v) is 9.06. The molecule has 0 radical (unpaired) electrons. The molecule has 28 heavy (non-hydrogen) atoms. The van der Waals surface area contributed by atoms with Crippen LogP contribution in [0.1, 0.15) is 12.5 Å². The van der Waals surface area contributed by atoms with E-state index < -0.39 is 9.84 Å². The van der Waals surface area contributed by atoms with Crippen LogP contribution in [0.15, 0.2) is 59.8 Å². The van der Waals surface area contributed by atoms with Crippen LogP contribution in [-0.2, 0) is 28.1 Å². The maximum Gasteiger partial charge on any atom is 0.228 e. The maximum absolute atomic E-state index is 12.4. The predicted octanol–water partition coefficient (Wildman–Crippen LogP) is 3.72. The van der Waals surface area contributed by atoms with Gasteiger partial charge in [0.25, 0.3) is 0 Å². The van der Waals surface area contributed by atoms with E-state index in [-0.39, 0.29) is 23.0 Å². The number of amides is 1. The highest BCUT2D eigenvalue weighted by atomic mass is 35.5. The molecule has 1 N–H and O–H groups in total. The van der Waals surface area contributed by atoms with Crippen LogP contribution in [0.4, 0.5) is 5.69 Å². The Bertz CT molecular complexity index is 1110. The minimum Gasteiger partial charge on any atom is -0.326 e. The summed E-state index contributed by atoms with van der Waals surface area (Å²) in [4.78, 5) is 12.6. The second-order valence-electron chi connectivity index (χ2n) is 6.37. The largest absolute Gasteiger partial charge is 0.326 e. The summed E-state index contributed by atoms with van der Waals surface area (Å²) < 4.78 is 25.4. The van der Waals surface area contributed by atoms with Crippen molar-refractivity contribution in [1.82, 2.24) is 9.78 Å². The molecule has 0 aliphatic rings. The fourth-order valence-electron chi connectivity index (χ4n) is 2.76. The van der Waals surface area contributed by atoms with Gasteiger partial charge in [-0.05, 0) is 35.9 Å². The quantitative estimate of drug-likeness (QED) is 0.662. The van der Waals surface area contributed by atoms with Crippen molar-refractivity contribution in [2.75, 3.05) is 11.1 Å². The molecule has 6 nitrogen and oxygen atoms in total. The molecular formula is C20H20ClN3O3S. The number of nitrogens with zero attached hydrogens (tertiary/aromatic N) is 2. The predicted molar refractivity (Wildman–Crippen MR) is 110 cm³/mol. The fourth-order valence-corrected chi connectivity index (χ4v) is 3.87. The summed E-state index contributed by atoms with van der Waals surface area (Å²) in [6.45, 7) is 1.60. The van der Waals surface area contributed by atoms with Crippen molar-refractivity contribution in [3.63, 3.8) is 0 Å². The van der Waals surface area contributed by atoms with Crippen LogP contribution in [0.3, 0.4) is 0 Å². The van der Waals surface area contributed by atoms with E-state index in [0.717, 1.165) is 16.7 Å². The van der Waals surface area contributed by atoms with Crippen molar-refractivity contribution in [2.45, 2.75) is 18.2 Å². The third-order valence-corrected chi connectivity index (χ3v) is 6.37. The van der Waals surface area contributed by atoms with Gasteiger partial charge in [0, 0.05) is 35.1 Å². The van der Waals surface area contributed by atoms with Crippen LogP contribution in [0, 0.1) is 0 Å². The first-order valence-corrected chi connectivity index (χ1v) is 10.7. The first kappa shape index (κ1) is 20.1. The maximum atomic E-state index is 12.4. The Hall–Kier alpha value is -2.64. The fraction of sp³-hybridized carbons (Fsp3) is 0.200. The number of benzene rings is 2. The van der Waals surface area contributed by atoms with E-state index in [2.05, 4.69) is 10.4 Å². The number of nitrogens with one attached hydrogen (secondary N) is 1. The van der Waals surface area contributed by atoms with Gasteiger partial charge in [0.15, 0.2) is 9.84 Å². The number of aromatic nitrogens is 2. The minimum absolute atomic E-state index is 0.0443. The summed E-state index contributed by atoms with van der Waals surface area (Å²) in [5, 5.41) is 7.55. The van der Waals surface area contributed by atoms with Gasteiger partial charge in [-0.15, -0.1) is 0 Å². The number of halogens is 1. The van der Waals surface area contributed by atoms with Crippen molar-refractivity contribution in [1.29, 1.82) is 0 Å². The minimum atomic E-state index is -3.25. The molecule has 8 heteroatoms. The Morgan fingerprint density at radius 1 is 1.18 bits per heavy atom. The molecule has 3 aromatic rings. The van der Waals surface area contributed by atoms with Gasteiger partial charge < -0.3 is 5.32 Å².